The third kappa shape index (κ3) is 10.6. The van der Waals surface area contributed by atoms with Gasteiger partial charge in [0, 0.05) is 11.6 Å². The Morgan fingerprint density at radius 2 is 1.66 bits per heavy atom. The van der Waals surface area contributed by atoms with Crippen LogP contribution in [0.3, 0.4) is 0 Å². The number of esters is 3. The number of carbonyl (C=O) groups excluding carboxylic acids is 4. The van der Waals surface area contributed by atoms with Crippen molar-refractivity contribution in [3.8, 4) is 0 Å². The van der Waals surface area contributed by atoms with Crippen LogP contribution in [-0.2, 0) is 55.6 Å². The lowest BCUT2D eigenvalue weighted by Crippen LogP contribution is -2.62. The number of aliphatic hydroxyl groups is 1. The number of hydrogen-bond acceptors (Lipinski definition) is 14. The van der Waals surface area contributed by atoms with Gasteiger partial charge in [-0.2, -0.15) is 0 Å². The average Bonchev–Trinajstić information content (AvgIpc) is 3.61. The Bertz CT molecular complexity index is 1900. The number of nitrogens with one attached hydrogen (secondary N) is 1. The number of sulfonamides is 1. The van der Waals surface area contributed by atoms with Gasteiger partial charge >= 0.3 is 24.0 Å². The maximum absolute atomic E-state index is 13.8. The molecule has 1 saturated heterocycles. The summed E-state index contributed by atoms with van der Waals surface area (Å²) in [4.78, 5) is 50.3. The normalized spacial score (nSPS) is 18.6. The molecular formula is C33H36ClF2N3O13S. The van der Waals surface area contributed by atoms with Crippen LogP contribution < -0.4 is 10.5 Å². The molecule has 2 heterocycles. The van der Waals surface area contributed by atoms with Gasteiger partial charge in [-0.3, -0.25) is 4.90 Å². The van der Waals surface area contributed by atoms with Crippen LogP contribution in [0.5, 0.6) is 0 Å². The molecule has 4 N–H and O–H groups in total. The number of hydrogen-bond donors (Lipinski definition) is 3. The Kier molecular flexibility index (Phi) is 13.8. The van der Waals surface area contributed by atoms with Crippen molar-refractivity contribution in [3.05, 3.63) is 82.3 Å². The zero-order valence-corrected chi connectivity index (χ0v) is 29.9. The number of halogens is 3. The molecule has 16 nitrogen and oxygen atoms in total. The number of anilines is 1. The van der Waals surface area contributed by atoms with Crippen LogP contribution in [0, 0.1) is 11.6 Å². The molecule has 1 fully saturated rings. The zero-order valence-electron chi connectivity index (χ0n) is 28.3. The molecule has 2 aromatic carbocycles. The molecule has 1 aromatic heterocycles. The van der Waals surface area contributed by atoms with E-state index in [4.69, 9.17) is 40.1 Å². The lowest BCUT2D eigenvalue weighted by Gasteiger charge is -2.47. The van der Waals surface area contributed by atoms with E-state index in [1.54, 1.807) is 19.1 Å². The van der Waals surface area contributed by atoms with Crippen molar-refractivity contribution in [2.45, 2.75) is 62.4 Å². The molecule has 53 heavy (non-hydrogen) atoms. The molecule has 4 rings (SSSR count). The molecule has 20 heteroatoms. The Morgan fingerprint density at radius 1 is 1.00 bits per heavy atom. The number of amides is 1. The predicted molar refractivity (Wildman–Crippen MR) is 178 cm³/mol. The minimum Gasteiger partial charge on any atom is -0.467 e. The van der Waals surface area contributed by atoms with Crippen molar-refractivity contribution in [2.75, 3.05) is 31.9 Å². The highest BCUT2D eigenvalue weighted by molar-refractivity contribution is 7.89. The van der Waals surface area contributed by atoms with Crippen molar-refractivity contribution in [3.63, 3.8) is 0 Å². The molecule has 1 amide bonds. The summed E-state index contributed by atoms with van der Waals surface area (Å²) in [6.07, 6.45) is 1.31. The first-order valence-corrected chi connectivity index (χ1v) is 17.8. The number of furan rings is 1. The molecule has 0 aliphatic carbocycles. The quantitative estimate of drug-likeness (QED) is 0.0693. The molecule has 3 aromatic rings. The summed E-state index contributed by atoms with van der Waals surface area (Å²) < 4.78 is 82.0. The fourth-order valence-corrected chi connectivity index (χ4v) is 6.34. The van der Waals surface area contributed by atoms with Crippen LogP contribution in [-0.4, -0.2) is 81.1 Å². The van der Waals surface area contributed by atoms with E-state index in [1.807, 2.05) is 0 Å². The van der Waals surface area contributed by atoms with Gasteiger partial charge in [-0.15, -0.1) is 0 Å². The minimum atomic E-state index is -4.26. The lowest BCUT2D eigenvalue weighted by molar-refractivity contribution is -0.280. The van der Waals surface area contributed by atoms with Crippen molar-refractivity contribution in [1.29, 1.82) is 0 Å². The molecule has 0 saturated carbocycles. The summed E-state index contributed by atoms with van der Waals surface area (Å²) in [5, 5.41) is 19.1. The van der Waals surface area contributed by atoms with E-state index in [1.165, 1.54) is 19.3 Å². The van der Waals surface area contributed by atoms with Gasteiger partial charge in [0.15, 0.2) is 0 Å². The maximum atomic E-state index is 13.8. The predicted octanol–water partition coefficient (Wildman–Crippen LogP) is 3.93. The number of ether oxygens (including phenoxy) is 5. The minimum absolute atomic E-state index is 0.0952. The number of rotatable bonds is 14. The molecule has 0 radical (unpaired) electrons. The molecule has 1 aliphatic heterocycles. The molecule has 288 valence electrons. The van der Waals surface area contributed by atoms with E-state index in [9.17, 15) is 41.5 Å². The fourth-order valence-electron chi connectivity index (χ4n) is 5.24. The topological polar surface area (TPSA) is 223 Å². The van der Waals surface area contributed by atoms with Crippen LogP contribution in [0.15, 0.2) is 58.0 Å². The van der Waals surface area contributed by atoms with Crippen molar-refractivity contribution < 1.29 is 69.6 Å². The van der Waals surface area contributed by atoms with Crippen LogP contribution >= 0.6 is 11.6 Å². The van der Waals surface area contributed by atoms with Gasteiger partial charge in [0.05, 0.1) is 61.0 Å². The van der Waals surface area contributed by atoms with Crippen molar-refractivity contribution >= 4 is 51.3 Å². The Morgan fingerprint density at radius 3 is 2.30 bits per heavy atom. The van der Waals surface area contributed by atoms with E-state index >= 15 is 0 Å². The Hall–Kier alpha value is -4.82. The van der Waals surface area contributed by atoms with Gasteiger partial charge in [-0.1, -0.05) is 11.6 Å². The van der Waals surface area contributed by atoms with Gasteiger partial charge in [-0.05, 0) is 69.5 Å². The number of primary sulfonamides is 1. The molecule has 0 spiro atoms. The van der Waals surface area contributed by atoms with E-state index in [2.05, 4.69) is 10.1 Å². The monoisotopic (exact) mass is 787 g/mol. The first-order chi connectivity index (χ1) is 25.0. The van der Waals surface area contributed by atoms with Gasteiger partial charge in [0.1, 0.15) is 22.3 Å². The van der Waals surface area contributed by atoms with Crippen molar-refractivity contribution in [2.24, 2.45) is 5.14 Å². The van der Waals surface area contributed by atoms with Gasteiger partial charge in [0.2, 0.25) is 22.6 Å². The third-order valence-corrected chi connectivity index (χ3v) is 9.29. The smallest absolute Gasteiger partial charge is 0.420 e. The summed E-state index contributed by atoms with van der Waals surface area (Å²) in [5.74, 6) is -7.40. The molecule has 0 bridgehead atoms. The highest BCUT2D eigenvalue weighted by atomic mass is 35.5. The summed E-state index contributed by atoms with van der Waals surface area (Å²) in [7, 11) is -4.26. The highest BCUT2D eigenvalue weighted by Crippen LogP contribution is 2.36. The van der Waals surface area contributed by atoms with Crippen LogP contribution in [0.4, 0.5) is 19.3 Å². The number of carbonyl (C=O) groups is 4. The molecular weight excluding hydrogens is 752 g/mol. The number of morpholine rings is 1. The van der Waals surface area contributed by atoms with E-state index < -0.39 is 75.2 Å². The SMILES string of the molecule is C[C@@H]1CO[C@@](O)(c2cc(F)cc(F)c2)[C@H](C)N1C(=O)OCOC(=O)C(=O)OCCCCCOC(=O)c1cc(S(N)(=O)=O)c(Cl)cc1NCc1ccco1. The lowest BCUT2D eigenvalue weighted by atomic mass is 9.94. The van der Waals surface area contributed by atoms with Crippen LogP contribution in [0.2, 0.25) is 5.02 Å². The van der Waals surface area contributed by atoms with Crippen molar-refractivity contribution in [1.82, 2.24) is 4.90 Å². The number of benzene rings is 2. The highest BCUT2D eigenvalue weighted by Gasteiger charge is 2.49. The summed E-state index contributed by atoms with van der Waals surface area (Å²) in [5.41, 5.74) is -0.238. The van der Waals surface area contributed by atoms with Gasteiger partial charge < -0.3 is 38.5 Å². The van der Waals surface area contributed by atoms with Crippen LogP contribution in [0.25, 0.3) is 0 Å². The standard InChI is InChI=1S/C33H36ClF2N3O13S/c1-19-17-52-33(44,21-11-22(35)13-23(36)12-21)20(2)39(19)32(43)51-18-50-31(42)30(41)49-9-5-3-4-8-48-29(40)25-14-28(53(37,45)46)26(34)15-27(25)38-16-24-7-6-10-47-24/h6-7,10-15,19-20,38,44H,3-5,8-9,16-18H2,1-2H3,(H2,37,45,46)/t19-,20+,33-/m1/s1. The largest absolute Gasteiger partial charge is 0.467 e. The first kappa shape index (κ1) is 40.9. The van der Waals surface area contributed by atoms with Gasteiger partial charge in [0.25, 0.3) is 0 Å². The summed E-state index contributed by atoms with van der Waals surface area (Å²) >= 11 is 6.09. The van der Waals surface area contributed by atoms with E-state index in [0.717, 1.165) is 23.1 Å². The molecule has 0 unspecified atom stereocenters. The number of nitrogens with zero attached hydrogens (tertiary/aromatic N) is 1. The maximum Gasteiger partial charge on any atom is 0.420 e. The first-order valence-electron chi connectivity index (χ1n) is 15.9. The Labute approximate surface area is 307 Å². The third-order valence-electron chi connectivity index (χ3n) is 7.92. The fraction of sp³-hybridized carbons (Fsp3) is 0.394. The van der Waals surface area contributed by atoms with Crippen LogP contribution in [0.1, 0.15) is 54.8 Å². The second-order valence-corrected chi connectivity index (χ2v) is 13.6. The van der Waals surface area contributed by atoms with E-state index in [-0.39, 0.29) is 54.6 Å². The summed E-state index contributed by atoms with van der Waals surface area (Å²) in [6.45, 7) is 1.53. The number of unbranched alkanes of at least 4 members (excludes halogenated alkanes) is 2. The molecule has 1 aliphatic rings. The summed E-state index contributed by atoms with van der Waals surface area (Å²) in [6, 6.07) is 6.03. The van der Waals surface area contributed by atoms with Gasteiger partial charge in [-0.25, -0.2) is 41.5 Å². The second-order valence-electron chi connectivity index (χ2n) is 11.7. The average molecular weight is 788 g/mol. The zero-order chi connectivity index (χ0) is 38.9. The second kappa shape index (κ2) is 17.8. The number of nitrogens with two attached hydrogens (primary N) is 1. The molecule has 3 atom stereocenters. The van der Waals surface area contributed by atoms with E-state index in [0.29, 0.717) is 24.7 Å². The Balaban J connectivity index is 1.17.